The van der Waals surface area contributed by atoms with Crippen LogP contribution in [-0.4, -0.2) is 63.5 Å². The maximum absolute atomic E-state index is 14.0. The van der Waals surface area contributed by atoms with Gasteiger partial charge in [0.2, 0.25) is 0 Å². The van der Waals surface area contributed by atoms with Gasteiger partial charge in [-0.25, -0.2) is 0 Å². The molecule has 0 bridgehead atoms. The highest BCUT2D eigenvalue weighted by molar-refractivity contribution is 7.14. The van der Waals surface area contributed by atoms with E-state index in [0.717, 1.165) is 79.4 Å². The molecule has 242 valence electrons. The molecule has 1 amide bonds. The molecular weight excluding hydrogens is 616 g/mol. The van der Waals surface area contributed by atoms with Crippen LogP contribution in [0.4, 0.5) is 17.2 Å². The van der Waals surface area contributed by atoms with E-state index in [9.17, 15) is 14.4 Å². The van der Waals surface area contributed by atoms with Crippen LogP contribution in [0.1, 0.15) is 43.9 Å². The predicted molar refractivity (Wildman–Crippen MR) is 179 cm³/mol. The van der Waals surface area contributed by atoms with Crippen molar-refractivity contribution in [2.75, 3.05) is 36.5 Å². The second-order valence-electron chi connectivity index (χ2n) is 12.8. The number of fused-ring (bicyclic) bond motifs is 4. The van der Waals surface area contributed by atoms with E-state index in [4.69, 9.17) is 14.6 Å². The molecule has 6 heterocycles. The van der Waals surface area contributed by atoms with Gasteiger partial charge >= 0.3 is 5.97 Å². The third-order valence-electron chi connectivity index (χ3n) is 9.65. The Morgan fingerprint density at radius 1 is 1.15 bits per heavy atom. The maximum Gasteiger partial charge on any atom is 0.302 e. The molecule has 4 aromatic rings. The van der Waals surface area contributed by atoms with Crippen LogP contribution >= 0.6 is 11.3 Å². The number of thiophene rings is 1. The van der Waals surface area contributed by atoms with Gasteiger partial charge in [-0.05, 0) is 41.7 Å². The van der Waals surface area contributed by atoms with Crippen LogP contribution < -0.4 is 15.8 Å². The van der Waals surface area contributed by atoms with Crippen molar-refractivity contribution >= 4 is 40.4 Å². The van der Waals surface area contributed by atoms with Gasteiger partial charge in [0.25, 0.3) is 11.5 Å². The highest BCUT2D eigenvalue weighted by Crippen LogP contribution is 2.42. The lowest BCUT2D eigenvalue weighted by Crippen LogP contribution is -2.51. The van der Waals surface area contributed by atoms with Crippen LogP contribution in [0.15, 0.2) is 53.5 Å². The number of esters is 1. The first-order valence-electron chi connectivity index (χ1n) is 16.0. The maximum atomic E-state index is 14.0. The topological polar surface area (TPSA) is 111 Å². The van der Waals surface area contributed by atoms with Crippen molar-refractivity contribution in [1.29, 1.82) is 0 Å². The Bertz CT molecular complexity index is 2020. The van der Waals surface area contributed by atoms with Gasteiger partial charge in [0.1, 0.15) is 12.3 Å². The number of allylic oxidation sites excluding steroid dienone is 1. The summed E-state index contributed by atoms with van der Waals surface area (Å²) < 4.78 is 14.5. The average molecular weight is 653 g/mol. The minimum absolute atomic E-state index is 0.0137. The first-order chi connectivity index (χ1) is 22.7. The summed E-state index contributed by atoms with van der Waals surface area (Å²) in [5, 5.41) is 8.02. The fraction of sp³-hybridized carbons (Fsp3) is 0.371. The van der Waals surface area contributed by atoms with Crippen LogP contribution in [0, 0.1) is 0 Å². The molecule has 3 aromatic heterocycles. The molecule has 1 N–H and O–H groups in total. The van der Waals surface area contributed by atoms with E-state index in [1.807, 2.05) is 35.0 Å². The number of carbonyl (C=O) groups is 2. The molecule has 1 aromatic carbocycles. The molecule has 1 saturated heterocycles. The Morgan fingerprint density at radius 3 is 2.79 bits per heavy atom. The largest absolute Gasteiger partial charge is 0.461 e. The van der Waals surface area contributed by atoms with Gasteiger partial charge in [-0.15, -0.1) is 11.3 Å². The Morgan fingerprint density at radius 2 is 2.00 bits per heavy atom. The first kappa shape index (κ1) is 29.9. The lowest BCUT2D eigenvalue weighted by molar-refractivity contribution is -0.142. The number of rotatable bonds is 7. The average Bonchev–Trinajstić information content (AvgIpc) is 3.69. The van der Waals surface area contributed by atoms with E-state index in [1.165, 1.54) is 27.5 Å². The molecule has 1 fully saturated rings. The van der Waals surface area contributed by atoms with Crippen molar-refractivity contribution in [2.24, 2.45) is 7.05 Å². The zero-order chi connectivity index (χ0) is 32.4. The van der Waals surface area contributed by atoms with E-state index in [0.29, 0.717) is 35.3 Å². The van der Waals surface area contributed by atoms with Gasteiger partial charge in [0, 0.05) is 68.3 Å². The summed E-state index contributed by atoms with van der Waals surface area (Å²) in [6.07, 6.45) is 4.21. The lowest BCUT2D eigenvalue weighted by Gasteiger charge is -2.39. The van der Waals surface area contributed by atoms with Crippen LogP contribution in [0.2, 0.25) is 0 Å². The monoisotopic (exact) mass is 652 g/mol. The molecule has 3 aliphatic heterocycles. The number of aryl methyl sites for hydroxylation is 1. The summed E-state index contributed by atoms with van der Waals surface area (Å²) in [5.41, 5.74) is 7.83. The van der Waals surface area contributed by atoms with Crippen molar-refractivity contribution in [3.63, 3.8) is 0 Å². The summed E-state index contributed by atoms with van der Waals surface area (Å²) >= 11 is 1.58. The van der Waals surface area contributed by atoms with Crippen molar-refractivity contribution in [3.8, 4) is 11.1 Å². The van der Waals surface area contributed by atoms with Gasteiger partial charge in [-0.1, -0.05) is 24.3 Å². The Labute approximate surface area is 276 Å². The Balaban J connectivity index is 1.13. The fourth-order valence-electron chi connectivity index (χ4n) is 7.16. The number of nitrogens with one attached hydrogen (secondary N) is 1. The summed E-state index contributed by atoms with van der Waals surface area (Å²) in [5.74, 6) is 0.159. The molecule has 0 atom stereocenters. The number of nitrogens with zero attached hydrogens (tertiary/aromatic N) is 5. The highest BCUT2D eigenvalue weighted by Gasteiger charge is 2.35. The third-order valence-corrected chi connectivity index (χ3v) is 10.9. The SMILES string of the molecule is C=C1Cc2sc3c(c2C1)CCN(c1cccc(-c2cc(Nc4cc5n(n4)CCN(C4COC4)C5)c(=O)n(C)c2)c1COC(C)=O)C3=O. The van der Waals surface area contributed by atoms with Crippen LogP contribution in [0.5, 0.6) is 0 Å². The molecular formula is C35H36N6O5S. The van der Waals surface area contributed by atoms with E-state index in [2.05, 4.69) is 16.8 Å². The van der Waals surface area contributed by atoms with Gasteiger partial charge in [0.05, 0.1) is 42.1 Å². The second kappa shape index (κ2) is 11.6. The van der Waals surface area contributed by atoms with Crippen LogP contribution in [0.3, 0.4) is 0 Å². The van der Waals surface area contributed by atoms with Crippen molar-refractivity contribution < 1.29 is 19.1 Å². The minimum atomic E-state index is -0.414. The molecule has 0 unspecified atom stereocenters. The zero-order valence-corrected chi connectivity index (χ0v) is 27.3. The predicted octanol–water partition coefficient (Wildman–Crippen LogP) is 4.19. The number of carbonyl (C=O) groups excluding carboxylic acids is 2. The molecule has 0 spiro atoms. The molecule has 0 saturated carbocycles. The molecule has 4 aliphatic rings. The number of hydrogen-bond donors (Lipinski definition) is 1. The first-order valence-corrected chi connectivity index (χ1v) is 16.8. The zero-order valence-electron chi connectivity index (χ0n) is 26.5. The summed E-state index contributed by atoms with van der Waals surface area (Å²) in [6, 6.07) is 10.0. The summed E-state index contributed by atoms with van der Waals surface area (Å²) in [6.45, 7) is 10.0. The number of anilines is 3. The second-order valence-corrected chi connectivity index (χ2v) is 13.9. The third kappa shape index (κ3) is 5.30. The molecule has 12 heteroatoms. The number of aromatic nitrogens is 3. The van der Waals surface area contributed by atoms with Gasteiger partial charge in [-0.2, -0.15) is 5.10 Å². The number of benzene rings is 1. The number of ether oxygens (including phenoxy) is 2. The van der Waals surface area contributed by atoms with Gasteiger partial charge in [0.15, 0.2) is 5.82 Å². The fourth-order valence-corrected chi connectivity index (χ4v) is 8.54. The van der Waals surface area contributed by atoms with E-state index < -0.39 is 5.97 Å². The van der Waals surface area contributed by atoms with Crippen molar-refractivity contribution in [1.82, 2.24) is 19.2 Å². The lowest BCUT2D eigenvalue weighted by atomic mass is 9.96. The normalized spacial score (nSPS) is 17.7. The molecule has 0 radical (unpaired) electrons. The van der Waals surface area contributed by atoms with Crippen molar-refractivity contribution in [2.45, 2.75) is 51.9 Å². The van der Waals surface area contributed by atoms with E-state index in [-0.39, 0.29) is 18.1 Å². The summed E-state index contributed by atoms with van der Waals surface area (Å²) in [4.78, 5) is 45.6. The summed E-state index contributed by atoms with van der Waals surface area (Å²) in [7, 11) is 1.71. The molecule has 8 rings (SSSR count). The molecule has 11 nitrogen and oxygen atoms in total. The standard InChI is InChI=1S/C35H36N6O5S/c1-20-11-27-26-7-8-40(35(44)33(26)47-31(27)12-20)30-6-4-5-25(28(30)19-46-21(2)42)22-13-29(34(43)38(3)15-22)36-32-14-23-16-39(24-17-45-18-24)9-10-41(23)37-32/h4-6,13-15,24H,1,7-12,16-19H2,2-3H3,(H,36,37). The number of amides is 1. The van der Waals surface area contributed by atoms with Crippen molar-refractivity contribution in [3.05, 3.63) is 91.2 Å². The Hall–Kier alpha value is -4.52. The van der Waals surface area contributed by atoms with Crippen LogP contribution in [-0.2, 0) is 60.3 Å². The molecule has 1 aliphatic carbocycles. The smallest absolute Gasteiger partial charge is 0.302 e. The molecule has 47 heavy (non-hydrogen) atoms. The number of pyridine rings is 1. The van der Waals surface area contributed by atoms with E-state index >= 15 is 0 Å². The van der Waals surface area contributed by atoms with Crippen LogP contribution in [0.25, 0.3) is 11.1 Å². The quantitative estimate of drug-likeness (QED) is 0.234. The number of hydrogen-bond acceptors (Lipinski definition) is 9. The highest BCUT2D eigenvalue weighted by atomic mass is 32.1. The minimum Gasteiger partial charge on any atom is -0.461 e. The van der Waals surface area contributed by atoms with E-state index in [1.54, 1.807) is 29.5 Å². The Kier molecular flexibility index (Phi) is 7.38. The van der Waals surface area contributed by atoms with Gasteiger partial charge in [-0.3, -0.25) is 24.0 Å². The van der Waals surface area contributed by atoms with Gasteiger partial charge < -0.3 is 24.3 Å².